The van der Waals surface area contributed by atoms with E-state index in [4.69, 9.17) is 22.8 Å². The number of hydrazine groups is 1. The van der Waals surface area contributed by atoms with E-state index in [-0.39, 0.29) is 34.0 Å². The van der Waals surface area contributed by atoms with Crippen LogP contribution in [0.2, 0.25) is 0 Å². The lowest BCUT2D eigenvalue weighted by atomic mass is 10.0. The molecular formula is C14H19F2N3O2S. The number of halogens is 2. The minimum atomic E-state index is -1.08. The number of thiocarbonyl (C=S) groups is 1. The molecule has 1 saturated heterocycles. The van der Waals surface area contributed by atoms with Crippen molar-refractivity contribution in [2.24, 2.45) is 5.84 Å². The standard InChI is InChI=1S/C14H19F2N3O2S/c1-7-4-19(5-8(2)21-7)13-9(6-20)3-10(14(22)18-17)11(15)12(13)16/h3,7-8,20H,4-6,17H2,1-2H3,(H,18,22). The highest BCUT2D eigenvalue weighted by Gasteiger charge is 2.29. The summed E-state index contributed by atoms with van der Waals surface area (Å²) in [6, 6.07) is 1.32. The Labute approximate surface area is 133 Å². The van der Waals surface area contributed by atoms with Crippen molar-refractivity contribution in [1.29, 1.82) is 0 Å². The molecule has 4 N–H and O–H groups in total. The number of nitrogens with two attached hydrogens (primary N) is 1. The number of hydrogen-bond donors (Lipinski definition) is 3. The first-order valence-electron chi connectivity index (χ1n) is 6.92. The van der Waals surface area contributed by atoms with Crippen LogP contribution in [0.3, 0.4) is 0 Å². The smallest absolute Gasteiger partial charge is 0.183 e. The third kappa shape index (κ3) is 3.19. The first-order valence-corrected chi connectivity index (χ1v) is 7.32. The van der Waals surface area contributed by atoms with E-state index in [0.717, 1.165) is 0 Å². The highest BCUT2D eigenvalue weighted by molar-refractivity contribution is 7.80. The normalized spacial score (nSPS) is 21.8. The number of anilines is 1. The number of ether oxygens (including phenoxy) is 1. The van der Waals surface area contributed by atoms with Gasteiger partial charge in [0.15, 0.2) is 11.6 Å². The van der Waals surface area contributed by atoms with Crippen molar-refractivity contribution in [3.05, 3.63) is 28.8 Å². The van der Waals surface area contributed by atoms with Crippen LogP contribution in [0.4, 0.5) is 14.5 Å². The van der Waals surface area contributed by atoms with Gasteiger partial charge in [0.2, 0.25) is 0 Å². The summed E-state index contributed by atoms with van der Waals surface area (Å²) < 4.78 is 34.4. The predicted octanol–water partition coefficient (Wildman–Crippen LogP) is 1.21. The Hall–Kier alpha value is -1.35. The molecule has 1 heterocycles. The Balaban J connectivity index is 2.51. The van der Waals surface area contributed by atoms with Crippen molar-refractivity contribution in [2.45, 2.75) is 32.7 Å². The van der Waals surface area contributed by atoms with Crippen LogP contribution < -0.4 is 16.2 Å². The van der Waals surface area contributed by atoms with Crippen LogP contribution in [0.15, 0.2) is 6.07 Å². The Morgan fingerprint density at radius 3 is 2.50 bits per heavy atom. The largest absolute Gasteiger partial charge is 0.392 e. The van der Waals surface area contributed by atoms with E-state index in [1.165, 1.54) is 6.07 Å². The molecule has 0 aromatic heterocycles. The zero-order valence-corrected chi connectivity index (χ0v) is 13.2. The van der Waals surface area contributed by atoms with Crippen LogP contribution in [0.1, 0.15) is 25.0 Å². The molecule has 1 aliphatic heterocycles. The molecule has 0 aliphatic carbocycles. The van der Waals surface area contributed by atoms with Gasteiger partial charge >= 0.3 is 0 Å². The van der Waals surface area contributed by atoms with Crippen LogP contribution in [0.25, 0.3) is 0 Å². The third-order valence-electron chi connectivity index (χ3n) is 3.54. The summed E-state index contributed by atoms with van der Waals surface area (Å²) in [6.45, 7) is 4.10. The molecule has 2 rings (SSSR count). The Kier molecular flexibility index (Phi) is 5.28. The Morgan fingerprint density at radius 2 is 2.00 bits per heavy atom. The second-order valence-electron chi connectivity index (χ2n) is 5.35. The third-order valence-corrected chi connectivity index (χ3v) is 3.88. The van der Waals surface area contributed by atoms with Gasteiger partial charge in [-0.05, 0) is 19.9 Å². The highest BCUT2D eigenvalue weighted by atomic mass is 32.1. The highest BCUT2D eigenvalue weighted by Crippen LogP contribution is 2.31. The SMILES string of the molecule is CC1CN(c2c(CO)cc(C(=S)NN)c(F)c2F)CC(C)O1. The van der Waals surface area contributed by atoms with Gasteiger partial charge in [-0.3, -0.25) is 0 Å². The van der Waals surface area contributed by atoms with Crippen LogP contribution in [0.5, 0.6) is 0 Å². The van der Waals surface area contributed by atoms with E-state index in [2.05, 4.69) is 5.43 Å². The summed E-state index contributed by atoms with van der Waals surface area (Å²) in [7, 11) is 0. The fraction of sp³-hybridized carbons (Fsp3) is 0.500. The number of hydrogen-bond acceptors (Lipinski definition) is 5. The lowest BCUT2D eigenvalue weighted by molar-refractivity contribution is -0.00554. The topological polar surface area (TPSA) is 70.8 Å². The number of morpholine rings is 1. The number of aliphatic hydroxyl groups is 1. The zero-order chi connectivity index (χ0) is 16.4. The molecule has 0 bridgehead atoms. The van der Waals surface area contributed by atoms with E-state index in [9.17, 15) is 13.9 Å². The molecule has 0 radical (unpaired) electrons. The second kappa shape index (κ2) is 6.82. The number of nitrogens with zero attached hydrogens (tertiary/aromatic N) is 1. The molecule has 1 aromatic carbocycles. The van der Waals surface area contributed by atoms with Gasteiger partial charge in [0.05, 0.1) is 24.5 Å². The van der Waals surface area contributed by atoms with Crippen LogP contribution in [0, 0.1) is 11.6 Å². The molecule has 2 unspecified atom stereocenters. The van der Waals surface area contributed by atoms with Gasteiger partial charge in [0.1, 0.15) is 4.99 Å². The number of aliphatic hydroxyl groups excluding tert-OH is 1. The molecule has 1 aromatic rings. The quantitative estimate of drug-likeness (QED) is 0.439. The zero-order valence-electron chi connectivity index (χ0n) is 12.4. The van der Waals surface area contributed by atoms with E-state index >= 15 is 0 Å². The predicted molar refractivity (Wildman–Crippen MR) is 83.5 cm³/mol. The molecule has 0 spiro atoms. The fourth-order valence-corrected chi connectivity index (χ4v) is 2.88. The van der Waals surface area contributed by atoms with Crippen molar-refractivity contribution in [3.63, 3.8) is 0 Å². The summed E-state index contributed by atoms with van der Waals surface area (Å²) in [4.78, 5) is 1.56. The van der Waals surface area contributed by atoms with E-state index in [0.29, 0.717) is 13.1 Å². The monoisotopic (exact) mass is 331 g/mol. The molecule has 22 heavy (non-hydrogen) atoms. The number of benzene rings is 1. The van der Waals surface area contributed by atoms with E-state index < -0.39 is 18.2 Å². The van der Waals surface area contributed by atoms with Gasteiger partial charge in [-0.15, -0.1) is 0 Å². The van der Waals surface area contributed by atoms with E-state index in [1.807, 2.05) is 13.8 Å². The maximum atomic E-state index is 14.5. The lowest BCUT2D eigenvalue weighted by Gasteiger charge is -2.38. The van der Waals surface area contributed by atoms with Gasteiger partial charge in [0, 0.05) is 24.2 Å². The van der Waals surface area contributed by atoms with Crippen LogP contribution >= 0.6 is 12.2 Å². The van der Waals surface area contributed by atoms with Crippen molar-refractivity contribution >= 4 is 22.9 Å². The Bertz CT molecular complexity index is 576. The average molecular weight is 331 g/mol. The molecule has 122 valence electrons. The fourth-order valence-electron chi connectivity index (χ4n) is 2.73. The minimum absolute atomic E-state index is 0.0468. The van der Waals surface area contributed by atoms with Gasteiger partial charge in [-0.25, -0.2) is 14.6 Å². The molecule has 0 amide bonds. The average Bonchev–Trinajstić information content (AvgIpc) is 2.47. The van der Waals surface area contributed by atoms with Crippen LogP contribution in [-0.2, 0) is 11.3 Å². The first-order chi connectivity index (χ1) is 10.4. The molecule has 2 atom stereocenters. The minimum Gasteiger partial charge on any atom is -0.392 e. The molecule has 1 aliphatic rings. The second-order valence-corrected chi connectivity index (χ2v) is 5.76. The summed E-state index contributed by atoms with van der Waals surface area (Å²) in [6.07, 6.45) is -0.242. The molecule has 5 nitrogen and oxygen atoms in total. The van der Waals surface area contributed by atoms with Crippen molar-refractivity contribution in [1.82, 2.24) is 5.43 Å². The van der Waals surface area contributed by atoms with Gasteiger partial charge < -0.3 is 20.2 Å². The summed E-state index contributed by atoms with van der Waals surface area (Å²) in [5.41, 5.74) is 2.26. The maximum Gasteiger partial charge on any atom is 0.183 e. The maximum absolute atomic E-state index is 14.5. The summed E-state index contributed by atoms with van der Waals surface area (Å²) >= 11 is 4.86. The summed E-state index contributed by atoms with van der Waals surface area (Å²) in [5, 5.41) is 9.53. The van der Waals surface area contributed by atoms with Crippen molar-refractivity contribution in [2.75, 3.05) is 18.0 Å². The Morgan fingerprint density at radius 1 is 1.41 bits per heavy atom. The van der Waals surface area contributed by atoms with Gasteiger partial charge in [-0.2, -0.15) is 0 Å². The molecule has 0 saturated carbocycles. The van der Waals surface area contributed by atoms with E-state index in [1.54, 1.807) is 4.90 Å². The number of rotatable bonds is 3. The lowest BCUT2D eigenvalue weighted by Crippen LogP contribution is -2.46. The molecular weight excluding hydrogens is 312 g/mol. The van der Waals surface area contributed by atoms with Gasteiger partial charge in [0.25, 0.3) is 0 Å². The molecule has 1 fully saturated rings. The first kappa shape index (κ1) is 17.0. The van der Waals surface area contributed by atoms with Crippen LogP contribution in [-0.4, -0.2) is 35.4 Å². The van der Waals surface area contributed by atoms with Crippen molar-refractivity contribution in [3.8, 4) is 0 Å². The van der Waals surface area contributed by atoms with Crippen molar-refractivity contribution < 1.29 is 18.6 Å². The number of nitrogens with one attached hydrogen (secondary N) is 1. The molecule has 8 heteroatoms. The summed E-state index contributed by atoms with van der Waals surface area (Å²) in [5.74, 6) is 3.04. The van der Waals surface area contributed by atoms with Gasteiger partial charge in [-0.1, -0.05) is 12.2 Å².